The summed E-state index contributed by atoms with van der Waals surface area (Å²) in [7, 11) is 0. The van der Waals surface area contributed by atoms with Crippen LogP contribution < -0.4 is 18.9 Å². The van der Waals surface area contributed by atoms with Crippen molar-refractivity contribution in [1.82, 2.24) is 0 Å². The van der Waals surface area contributed by atoms with Crippen molar-refractivity contribution in [3.63, 3.8) is 0 Å². The predicted octanol–water partition coefficient (Wildman–Crippen LogP) is 7.54. The number of nitrogens with one attached hydrogen (secondary N) is 1. The Morgan fingerprint density at radius 1 is 0.750 bits per heavy atom. The van der Waals surface area contributed by atoms with Crippen LogP contribution >= 0.6 is 0 Å². The van der Waals surface area contributed by atoms with Crippen LogP contribution in [0.2, 0.25) is 0 Å². The first-order chi connectivity index (χ1) is 23.5. The molecule has 1 aliphatic heterocycles. The van der Waals surface area contributed by atoms with E-state index in [0.29, 0.717) is 75.4 Å². The summed E-state index contributed by atoms with van der Waals surface area (Å²) in [6.45, 7) is 8.52. The van der Waals surface area contributed by atoms with Gasteiger partial charge in [-0.1, -0.05) is 55.1 Å². The zero-order chi connectivity index (χ0) is 33.6. The molecule has 0 bridgehead atoms. The first kappa shape index (κ1) is 34.2. The van der Waals surface area contributed by atoms with Crippen LogP contribution in [0.4, 0.5) is 0 Å². The van der Waals surface area contributed by atoms with Gasteiger partial charge in [0.1, 0.15) is 42.8 Å². The molecule has 1 atom stereocenters. The highest BCUT2D eigenvalue weighted by atomic mass is 16.8. The van der Waals surface area contributed by atoms with E-state index in [9.17, 15) is 4.79 Å². The third-order valence-corrected chi connectivity index (χ3v) is 7.35. The lowest BCUT2D eigenvalue weighted by Gasteiger charge is -2.14. The Balaban J connectivity index is 1.06. The van der Waals surface area contributed by atoms with E-state index in [-0.39, 0.29) is 6.29 Å². The summed E-state index contributed by atoms with van der Waals surface area (Å²) in [4.78, 5) is 11.1. The Morgan fingerprint density at radius 2 is 1.29 bits per heavy atom. The maximum absolute atomic E-state index is 11.1. The quantitative estimate of drug-likeness (QED) is 0.0343. The molecule has 1 N–H and O–H groups in total. The summed E-state index contributed by atoms with van der Waals surface area (Å²) in [5.41, 5.74) is 5.26. The highest BCUT2D eigenvalue weighted by molar-refractivity contribution is 5.99. The lowest BCUT2D eigenvalue weighted by atomic mass is 10.0. The van der Waals surface area contributed by atoms with E-state index in [0.717, 1.165) is 46.2 Å². The molecule has 9 nitrogen and oxygen atoms in total. The molecule has 9 heteroatoms. The smallest absolute Gasteiger partial charge is 0.330 e. The number of rotatable bonds is 20. The highest BCUT2D eigenvalue weighted by Gasteiger charge is 2.22. The second kappa shape index (κ2) is 17.7. The summed E-state index contributed by atoms with van der Waals surface area (Å²) in [6.07, 6.45) is 2.53. The van der Waals surface area contributed by atoms with Gasteiger partial charge >= 0.3 is 5.97 Å². The highest BCUT2D eigenvalue weighted by Crippen LogP contribution is 2.28. The number of carbonyl (C=O) groups is 1. The fourth-order valence-corrected chi connectivity index (χ4v) is 4.64. The van der Waals surface area contributed by atoms with Gasteiger partial charge in [-0.3, -0.25) is 0 Å². The summed E-state index contributed by atoms with van der Waals surface area (Å²) in [5.74, 6) is 2.42. The molecule has 4 aromatic rings. The summed E-state index contributed by atoms with van der Waals surface area (Å²) in [6, 6.07) is 29.5. The van der Waals surface area contributed by atoms with Gasteiger partial charge in [-0.2, -0.15) is 0 Å². The molecule has 1 fully saturated rings. The molecule has 0 saturated carbocycles. The van der Waals surface area contributed by atoms with Crippen LogP contribution in [-0.2, 0) is 32.2 Å². The van der Waals surface area contributed by atoms with Gasteiger partial charge in [0, 0.05) is 30.2 Å². The van der Waals surface area contributed by atoms with Crippen LogP contribution in [0.5, 0.6) is 23.0 Å². The normalized spacial score (nSPS) is 13.3. The molecule has 5 rings (SSSR count). The van der Waals surface area contributed by atoms with Gasteiger partial charge in [-0.15, -0.1) is 0 Å². The van der Waals surface area contributed by atoms with E-state index in [4.69, 9.17) is 38.6 Å². The molecular weight excluding hydrogens is 610 g/mol. The number of ether oxygens (including phenoxy) is 7. The average Bonchev–Trinajstić information content (AvgIpc) is 3.95. The van der Waals surface area contributed by atoms with Gasteiger partial charge in [0.05, 0.1) is 26.4 Å². The van der Waals surface area contributed by atoms with E-state index < -0.39 is 5.97 Å². The Labute approximate surface area is 281 Å². The largest absolute Gasteiger partial charge is 0.494 e. The number of esters is 1. The van der Waals surface area contributed by atoms with Crippen molar-refractivity contribution in [2.45, 2.75) is 39.3 Å². The van der Waals surface area contributed by atoms with Crippen molar-refractivity contribution in [2.75, 3.05) is 33.0 Å². The number of hydrogen-bond acceptors (Lipinski definition) is 9. The van der Waals surface area contributed by atoms with E-state index in [1.54, 1.807) is 6.92 Å². The molecule has 1 heterocycles. The molecular formula is C39H41NO8. The van der Waals surface area contributed by atoms with Crippen molar-refractivity contribution in [3.05, 3.63) is 120 Å². The lowest BCUT2D eigenvalue weighted by Crippen LogP contribution is -2.06. The van der Waals surface area contributed by atoms with Crippen LogP contribution in [0.1, 0.15) is 36.5 Å². The van der Waals surface area contributed by atoms with Gasteiger partial charge in [0.25, 0.3) is 0 Å². The molecule has 250 valence electrons. The second-order valence-corrected chi connectivity index (χ2v) is 11.1. The topological polar surface area (TPSA) is 109 Å². The van der Waals surface area contributed by atoms with Crippen molar-refractivity contribution >= 4 is 11.7 Å². The lowest BCUT2D eigenvalue weighted by molar-refractivity contribution is -0.137. The fourth-order valence-electron chi connectivity index (χ4n) is 4.64. The molecule has 0 amide bonds. The van der Waals surface area contributed by atoms with E-state index >= 15 is 0 Å². The summed E-state index contributed by atoms with van der Waals surface area (Å²) < 4.78 is 39.1. The molecule has 0 radical (unpaired) electrons. The fraction of sp³-hybridized carbons (Fsp3) is 0.282. The third-order valence-electron chi connectivity index (χ3n) is 7.35. The molecule has 1 unspecified atom stereocenters. The van der Waals surface area contributed by atoms with Crippen molar-refractivity contribution < 1.29 is 38.0 Å². The van der Waals surface area contributed by atoms with Crippen LogP contribution in [0.15, 0.2) is 104 Å². The Kier molecular flexibility index (Phi) is 12.6. The Hall–Kier alpha value is -5.12. The van der Waals surface area contributed by atoms with Crippen LogP contribution in [0.25, 0.3) is 11.1 Å². The first-order valence-electron chi connectivity index (χ1n) is 16.0. The third kappa shape index (κ3) is 11.0. The second-order valence-electron chi connectivity index (χ2n) is 11.1. The van der Waals surface area contributed by atoms with Gasteiger partial charge in [-0.25, -0.2) is 4.79 Å². The molecule has 0 aromatic heterocycles. The average molecular weight is 652 g/mol. The zero-order valence-corrected chi connectivity index (χ0v) is 27.2. The maximum Gasteiger partial charge on any atom is 0.330 e. The first-order valence-corrected chi connectivity index (χ1v) is 16.0. The van der Waals surface area contributed by atoms with Crippen molar-refractivity contribution in [1.29, 1.82) is 5.41 Å². The van der Waals surface area contributed by atoms with Gasteiger partial charge in [0.2, 0.25) is 0 Å². The van der Waals surface area contributed by atoms with Crippen LogP contribution in [0.3, 0.4) is 0 Å². The summed E-state index contributed by atoms with van der Waals surface area (Å²) >= 11 is 0. The predicted molar refractivity (Wildman–Crippen MR) is 183 cm³/mol. The van der Waals surface area contributed by atoms with Gasteiger partial charge in [-0.05, 0) is 71.6 Å². The Bertz CT molecular complexity index is 1630. The number of carbonyl (C=O) groups excluding carboxylic acids is 1. The molecule has 0 aliphatic carbocycles. The number of hydrogen-bond donors (Lipinski definition) is 1. The zero-order valence-electron chi connectivity index (χ0n) is 27.2. The molecule has 1 saturated heterocycles. The van der Waals surface area contributed by atoms with Gasteiger partial charge < -0.3 is 38.6 Å². The monoisotopic (exact) mass is 651 g/mol. The summed E-state index contributed by atoms with van der Waals surface area (Å²) in [5, 5.41) is 8.30. The maximum atomic E-state index is 11.1. The minimum Gasteiger partial charge on any atom is -0.494 e. The number of benzene rings is 4. The van der Waals surface area contributed by atoms with Crippen molar-refractivity contribution in [3.8, 4) is 34.1 Å². The minimum atomic E-state index is -0.428. The van der Waals surface area contributed by atoms with Crippen LogP contribution in [-0.4, -0.2) is 51.0 Å². The molecule has 48 heavy (non-hydrogen) atoms. The Morgan fingerprint density at radius 3 is 1.90 bits per heavy atom. The standard InChI is InChI=1S/C39H41NO8/c1-3-38(41)44-22-4-20-43-34-16-12-32(13-17-34)31-10-6-29(7-11-31)25-46-35-18-19-37(36(24-35)28(2)40)47-26-30-8-14-33(15-9-30)42-21-5-23-45-39-27-48-39/h3,6-19,24,39-40H,1,4-5,20-23,25-27H2,2H3. The molecule has 0 spiro atoms. The van der Waals surface area contributed by atoms with E-state index in [2.05, 4.69) is 18.7 Å². The molecule has 1 aliphatic rings. The van der Waals surface area contributed by atoms with E-state index in [1.807, 2.05) is 78.9 Å². The van der Waals surface area contributed by atoms with Gasteiger partial charge in [0.15, 0.2) is 6.29 Å². The SMILES string of the molecule is C=CC(=O)OCCCOc1ccc(-c2ccc(COc3ccc(OCc4ccc(OCCCOC5CO5)cc4)c(C(C)=N)c3)cc2)cc1. The molecule has 4 aromatic carbocycles. The van der Waals surface area contributed by atoms with E-state index in [1.165, 1.54) is 0 Å². The van der Waals surface area contributed by atoms with Crippen molar-refractivity contribution in [2.24, 2.45) is 0 Å². The van der Waals surface area contributed by atoms with Crippen LogP contribution in [0, 0.1) is 5.41 Å². The minimum absolute atomic E-state index is 0.0190. The number of epoxide rings is 1.